The third-order valence-corrected chi connectivity index (χ3v) is 6.91. The number of ketones is 1. The monoisotopic (exact) mass is 511 g/mol. The topological polar surface area (TPSA) is 83.1 Å². The van der Waals surface area contributed by atoms with Crippen LogP contribution >= 0.6 is 11.6 Å². The van der Waals surface area contributed by atoms with E-state index in [0.717, 1.165) is 11.3 Å². The SMILES string of the molecule is COCCOC(=O)C1=C(C)NC2=C(C(=O)C[C@H](c3ccc(Cl)cc3)C2)[C@@H]1c1cc(OC)ccc1OC. The Bertz CT molecular complexity index is 1220. The van der Waals surface area contributed by atoms with E-state index in [0.29, 0.717) is 51.8 Å². The quantitative estimate of drug-likeness (QED) is 0.398. The van der Waals surface area contributed by atoms with Gasteiger partial charge in [-0.15, -0.1) is 0 Å². The predicted molar refractivity (Wildman–Crippen MR) is 136 cm³/mol. The van der Waals surface area contributed by atoms with Crippen LogP contribution in [0.5, 0.6) is 11.5 Å². The van der Waals surface area contributed by atoms with Crippen molar-refractivity contribution in [3.63, 3.8) is 0 Å². The van der Waals surface area contributed by atoms with Crippen LogP contribution in [0.1, 0.15) is 42.7 Å². The number of halogens is 1. The van der Waals surface area contributed by atoms with Crippen LogP contribution in [-0.2, 0) is 19.1 Å². The van der Waals surface area contributed by atoms with Crippen LogP contribution in [0.2, 0.25) is 5.02 Å². The van der Waals surface area contributed by atoms with Gasteiger partial charge < -0.3 is 24.3 Å². The Morgan fingerprint density at radius 3 is 2.44 bits per heavy atom. The van der Waals surface area contributed by atoms with Gasteiger partial charge in [0, 0.05) is 41.1 Å². The van der Waals surface area contributed by atoms with E-state index in [9.17, 15) is 9.59 Å². The zero-order chi connectivity index (χ0) is 25.8. The first-order valence-corrected chi connectivity index (χ1v) is 12.1. The van der Waals surface area contributed by atoms with Gasteiger partial charge in [0.1, 0.15) is 18.1 Å². The normalized spacial score (nSPS) is 19.5. The molecule has 1 aliphatic carbocycles. The van der Waals surface area contributed by atoms with Gasteiger partial charge in [0.05, 0.1) is 32.3 Å². The lowest BCUT2D eigenvalue weighted by Gasteiger charge is -2.37. The average Bonchev–Trinajstić information content (AvgIpc) is 2.87. The molecule has 2 aromatic carbocycles. The third kappa shape index (κ3) is 5.13. The third-order valence-electron chi connectivity index (χ3n) is 6.66. The van der Waals surface area contributed by atoms with E-state index >= 15 is 0 Å². The van der Waals surface area contributed by atoms with Crippen molar-refractivity contribution in [3.8, 4) is 11.5 Å². The van der Waals surface area contributed by atoms with Crippen LogP contribution in [0.4, 0.5) is 0 Å². The summed E-state index contributed by atoms with van der Waals surface area (Å²) >= 11 is 6.07. The van der Waals surface area contributed by atoms with Crippen LogP contribution in [0, 0.1) is 0 Å². The van der Waals surface area contributed by atoms with Gasteiger partial charge in [-0.25, -0.2) is 4.79 Å². The Balaban J connectivity index is 1.82. The second kappa shape index (κ2) is 11.2. The van der Waals surface area contributed by atoms with Crippen LogP contribution in [-0.4, -0.2) is 46.3 Å². The molecule has 0 unspecified atom stereocenters. The number of dihydropyridines is 1. The minimum Gasteiger partial charge on any atom is -0.497 e. The minimum absolute atomic E-state index is 0.00289. The molecule has 0 aromatic heterocycles. The van der Waals surface area contributed by atoms with E-state index in [1.54, 1.807) is 33.5 Å². The molecular formula is C28H30ClNO6. The molecular weight excluding hydrogens is 482 g/mol. The highest BCUT2D eigenvalue weighted by Gasteiger charge is 2.42. The molecule has 2 aliphatic rings. The van der Waals surface area contributed by atoms with Crippen molar-refractivity contribution in [1.82, 2.24) is 5.32 Å². The molecule has 190 valence electrons. The van der Waals surface area contributed by atoms with E-state index in [1.165, 1.54) is 0 Å². The van der Waals surface area contributed by atoms with Crippen molar-refractivity contribution in [2.75, 3.05) is 34.5 Å². The number of methoxy groups -OCH3 is 3. The molecule has 0 saturated heterocycles. The predicted octanol–water partition coefficient (Wildman–Crippen LogP) is 4.91. The second-order valence-electron chi connectivity index (χ2n) is 8.81. The molecule has 0 amide bonds. The summed E-state index contributed by atoms with van der Waals surface area (Å²) in [4.78, 5) is 27.1. The first-order chi connectivity index (χ1) is 17.4. The van der Waals surface area contributed by atoms with Gasteiger partial charge in [-0.1, -0.05) is 23.7 Å². The van der Waals surface area contributed by atoms with Gasteiger partial charge in [-0.05, 0) is 55.2 Å². The largest absolute Gasteiger partial charge is 0.497 e. The van der Waals surface area contributed by atoms with Crippen molar-refractivity contribution in [2.24, 2.45) is 0 Å². The molecule has 1 N–H and O–H groups in total. The molecule has 2 atom stereocenters. The molecule has 0 spiro atoms. The van der Waals surface area contributed by atoms with E-state index in [1.807, 2.05) is 37.3 Å². The van der Waals surface area contributed by atoms with Gasteiger partial charge >= 0.3 is 5.97 Å². The maximum atomic E-state index is 13.8. The standard InChI is InChI=1S/C28H30ClNO6/c1-16-25(28(32)36-12-11-33-2)26(21-15-20(34-3)9-10-24(21)35-4)27-22(30-16)13-18(14-23(27)31)17-5-7-19(29)8-6-17/h5-10,15,18,26,30H,11-14H2,1-4H3/t18-,26-/m1/s1. The summed E-state index contributed by atoms with van der Waals surface area (Å²) in [6.07, 6.45) is 0.935. The lowest BCUT2D eigenvalue weighted by atomic mass is 9.71. The summed E-state index contributed by atoms with van der Waals surface area (Å²) in [5.74, 6) is -0.0630. The van der Waals surface area contributed by atoms with Crippen LogP contribution < -0.4 is 14.8 Å². The number of benzene rings is 2. The second-order valence-corrected chi connectivity index (χ2v) is 9.24. The van der Waals surface area contributed by atoms with Crippen LogP contribution in [0.15, 0.2) is 65.0 Å². The van der Waals surface area contributed by atoms with E-state index in [-0.39, 0.29) is 24.9 Å². The van der Waals surface area contributed by atoms with Gasteiger partial charge in [0.25, 0.3) is 0 Å². The van der Waals surface area contributed by atoms with Gasteiger partial charge in [-0.2, -0.15) is 0 Å². The number of rotatable bonds is 8. The Labute approximate surface area is 216 Å². The van der Waals surface area contributed by atoms with Crippen molar-refractivity contribution in [2.45, 2.75) is 31.6 Å². The van der Waals surface area contributed by atoms with Gasteiger partial charge in [0.2, 0.25) is 0 Å². The van der Waals surface area contributed by atoms with E-state index in [2.05, 4.69) is 5.32 Å². The van der Waals surface area contributed by atoms with Crippen molar-refractivity contribution in [1.29, 1.82) is 0 Å². The number of carbonyl (C=O) groups excluding carboxylic acids is 2. The van der Waals surface area contributed by atoms with Crippen molar-refractivity contribution >= 4 is 23.4 Å². The van der Waals surface area contributed by atoms with Crippen molar-refractivity contribution in [3.05, 3.63) is 81.2 Å². The maximum Gasteiger partial charge on any atom is 0.336 e. The maximum absolute atomic E-state index is 13.8. The molecule has 2 aromatic rings. The number of Topliss-reactive ketones (excluding diaryl/α,β-unsaturated/α-hetero) is 1. The molecule has 0 radical (unpaired) electrons. The summed E-state index contributed by atoms with van der Waals surface area (Å²) in [5.41, 5.74) is 4.07. The molecule has 1 aliphatic heterocycles. The van der Waals surface area contributed by atoms with Gasteiger partial charge in [0.15, 0.2) is 5.78 Å². The highest BCUT2D eigenvalue weighted by molar-refractivity contribution is 6.30. The fourth-order valence-electron chi connectivity index (χ4n) is 4.95. The number of nitrogens with one attached hydrogen (secondary N) is 1. The Morgan fingerprint density at radius 2 is 1.78 bits per heavy atom. The molecule has 0 fully saturated rings. The first-order valence-electron chi connectivity index (χ1n) is 11.7. The lowest BCUT2D eigenvalue weighted by Crippen LogP contribution is -2.36. The molecule has 0 saturated carbocycles. The number of hydrogen-bond acceptors (Lipinski definition) is 7. The Kier molecular flexibility index (Phi) is 8.01. The molecule has 8 heteroatoms. The fraction of sp³-hybridized carbons (Fsp3) is 0.357. The minimum atomic E-state index is -0.667. The van der Waals surface area contributed by atoms with Crippen LogP contribution in [0.25, 0.3) is 0 Å². The first kappa shape index (κ1) is 25.8. The number of carbonyl (C=O) groups is 2. The summed E-state index contributed by atoms with van der Waals surface area (Å²) in [7, 11) is 4.68. The van der Waals surface area contributed by atoms with Gasteiger partial charge in [-0.3, -0.25) is 4.79 Å². The smallest absolute Gasteiger partial charge is 0.336 e. The summed E-state index contributed by atoms with van der Waals surface area (Å²) in [5, 5.41) is 4.01. The number of esters is 1. The van der Waals surface area contributed by atoms with Crippen LogP contribution in [0.3, 0.4) is 0 Å². The zero-order valence-electron chi connectivity index (χ0n) is 20.9. The molecule has 7 nitrogen and oxygen atoms in total. The number of allylic oxidation sites excluding steroid dienone is 3. The number of hydrogen-bond donors (Lipinski definition) is 1. The van der Waals surface area contributed by atoms with E-state index in [4.69, 9.17) is 30.5 Å². The highest BCUT2D eigenvalue weighted by Crippen LogP contribution is 2.48. The molecule has 0 bridgehead atoms. The average molecular weight is 512 g/mol. The fourth-order valence-corrected chi connectivity index (χ4v) is 5.08. The lowest BCUT2D eigenvalue weighted by molar-refractivity contribution is -0.140. The molecule has 4 rings (SSSR count). The number of ether oxygens (including phenoxy) is 4. The highest BCUT2D eigenvalue weighted by atomic mass is 35.5. The molecule has 1 heterocycles. The molecule has 36 heavy (non-hydrogen) atoms. The summed E-state index contributed by atoms with van der Waals surface area (Å²) in [6.45, 7) is 2.20. The summed E-state index contributed by atoms with van der Waals surface area (Å²) in [6, 6.07) is 13.0. The summed E-state index contributed by atoms with van der Waals surface area (Å²) < 4.78 is 21.7. The Morgan fingerprint density at radius 1 is 1.03 bits per heavy atom. The van der Waals surface area contributed by atoms with Crippen molar-refractivity contribution < 1.29 is 28.5 Å². The van der Waals surface area contributed by atoms with E-state index < -0.39 is 11.9 Å². The zero-order valence-corrected chi connectivity index (χ0v) is 21.6. The Hall–Kier alpha value is -3.29.